The highest BCUT2D eigenvalue weighted by atomic mass is 19.1. The van der Waals surface area contributed by atoms with Gasteiger partial charge in [-0.05, 0) is 30.3 Å². The highest BCUT2D eigenvalue weighted by Crippen LogP contribution is 2.23. The molecule has 3 rings (SSSR count). The molecule has 0 aliphatic carbocycles. The summed E-state index contributed by atoms with van der Waals surface area (Å²) in [5.74, 6) is -4.18. The zero-order chi connectivity index (χ0) is 16.4. The van der Waals surface area contributed by atoms with Crippen LogP contribution in [0.1, 0.15) is 10.4 Å². The highest BCUT2D eigenvalue weighted by Gasteiger charge is 2.20. The second-order valence-corrected chi connectivity index (χ2v) is 4.61. The monoisotopic (exact) mass is 316 g/mol. The molecule has 23 heavy (non-hydrogen) atoms. The van der Waals surface area contributed by atoms with Crippen LogP contribution in [-0.4, -0.2) is 26.0 Å². The van der Waals surface area contributed by atoms with Crippen molar-refractivity contribution in [3.05, 3.63) is 66.0 Å². The summed E-state index contributed by atoms with van der Waals surface area (Å²) >= 11 is 0. The van der Waals surface area contributed by atoms with Gasteiger partial charge in [0.2, 0.25) is 0 Å². The minimum Gasteiger partial charge on any atom is -0.505 e. The maximum atomic E-state index is 13.7. The van der Waals surface area contributed by atoms with Crippen LogP contribution >= 0.6 is 0 Å². The molecule has 2 aromatic carbocycles. The molecular formula is C15H10F2N4O2. The number of hydrogen-bond donors (Lipinski definition) is 2. The second-order valence-electron chi connectivity index (χ2n) is 4.61. The fourth-order valence-electron chi connectivity index (χ4n) is 2.02. The summed E-state index contributed by atoms with van der Waals surface area (Å²) in [7, 11) is 0. The Morgan fingerprint density at radius 2 is 2.04 bits per heavy atom. The van der Waals surface area contributed by atoms with E-state index < -0.39 is 28.9 Å². The Morgan fingerprint density at radius 3 is 2.78 bits per heavy atom. The van der Waals surface area contributed by atoms with E-state index in [0.29, 0.717) is 11.4 Å². The maximum absolute atomic E-state index is 13.7. The number of carbonyl (C=O) groups excluding carboxylic acids is 1. The van der Waals surface area contributed by atoms with Crippen molar-refractivity contribution in [1.82, 2.24) is 15.0 Å². The highest BCUT2D eigenvalue weighted by molar-refractivity contribution is 6.05. The van der Waals surface area contributed by atoms with Gasteiger partial charge >= 0.3 is 0 Å². The normalized spacial score (nSPS) is 10.5. The molecule has 0 aliphatic rings. The van der Waals surface area contributed by atoms with Crippen molar-refractivity contribution in [3.8, 4) is 11.4 Å². The number of halogens is 2. The number of nitrogens with one attached hydrogen (secondary N) is 1. The molecule has 1 heterocycles. The van der Waals surface area contributed by atoms with Gasteiger partial charge in [0.15, 0.2) is 11.6 Å². The van der Waals surface area contributed by atoms with Crippen molar-refractivity contribution in [2.75, 3.05) is 5.32 Å². The lowest BCUT2D eigenvalue weighted by molar-refractivity contribution is 0.101. The average molecular weight is 316 g/mol. The Morgan fingerprint density at radius 1 is 1.22 bits per heavy atom. The number of phenolic OH excluding ortho intramolecular Hbond substituents is 1. The first-order valence-electron chi connectivity index (χ1n) is 6.51. The molecule has 0 radical (unpaired) electrons. The summed E-state index contributed by atoms with van der Waals surface area (Å²) in [6, 6.07) is 8.13. The summed E-state index contributed by atoms with van der Waals surface area (Å²) in [4.78, 5) is 12.1. The number of aromatic nitrogens is 3. The fraction of sp³-hybridized carbons (Fsp3) is 0. The van der Waals surface area contributed by atoms with Crippen LogP contribution in [0.2, 0.25) is 0 Å². The minimum absolute atomic E-state index is 0.310. The van der Waals surface area contributed by atoms with Crippen LogP contribution in [0, 0.1) is 11.6 Å². The first-order valence-corrected chi connectivity index (χ1v) is 6.51. The van der Waals surface area contributed by atoms with Crippen LogP contribution in [0.15, 0.2) is 48.8 Å². The van der Waals surface area contributed by atoms with E-state index in [9.17, 15) is 18.7 Å². The molecule has 0 fully saturated rings. The molecule has 0 spiro atoms. The van der Waals surface area contributed by atoms with Gasteiger partial charge in [-0.15, -0.1) is 5.10 Å². The number of carbonyl (C=O) groups is 1. The van der Waals surface area contributed by atoms with E-state index >= 15 is 0 Å². The van der Waals surface area contributed by atoms with Gasteiger partial charge in [-0.1, -0.05) is 11.3 Å². The van der Waals surface area contributed by atoms with Crippen molar-refractivity contribution in [2.24, 2.45) is 0 Å². The smallest absolute Gasteiger partial charge is 0.261 e. The topological polar surface area (TPSA) is 80.0 Å². The quantitative estimate of drug-likeness (QED) is 0.778. The van der Waals surface area contributed by atoms with Gasteiger partial charge in [-0.2, -0.15) is 0 Å². The van der Waals surface area contributed by atoms with Gasteiger partial charge in [-0.25, -0.2) is 13.5 Å². The molecule has 116 valence electrons. The fourth-order valence-corrected chi connectivity index (χ4v) is 2.02. The van der Waals surface area contributed by atoms with Gasteiger partial charge in [0.1, 0.15) is 11.4 Å². The van der Waals surface area contributed by atoms with Crippen LogP contribution in [0.5, 0.6) is 5.75 Å². The predicted octanol–water partition coefficient (Wildman–Crippen LogP) is 2.50. The van der Waals surface area contributed by atoms with Crippen molar-refractivity contribution < 1.29 is 18.7 Å². The van der Waals surface area contributed by atoms with E-state index in [0.717, 1.165) is 12.1 Å². The molecule has 0 saturated heterocycles. The summed E-state index contributed by atoms with van der Waals surface area (Å²) in [5, 5.41) is 19.1. The zero-order valence-electron chi connectivity index (χ0n) is 11.6. The minimum atomic E-state index is -1.31. The van der Waals surface area contributed by atoms with Crippen molar-refractivity contribution in [1.29, 1.82) is 0 Å². The Balaban J connectivity index is 1.90. The standard InChI is InChI=1S/C15H10F2N4O2/c16-11-4-5-12(22)14(17)13(11)15(23)19-9-2-1-3-10(8-9)21-7-6-18-20-21/h1-8,22H,(H,19,23). The van der Waals surface area contributed by atoms with Crippen LogP contribution < -0.4 is 5.32 Å². The number of phenols is 1. The van der Waals surface area contributed by atoms with Crippen molar-refractivity contribution >= 4 is 11.6 Å². The Kier molecular flexibility index (Phi) is 3.71. The Labute approximate surface area is 129 Å². The van der Waals surface area contributed by atoms with Crippen molar-refractivity contribution in [3.63, 3.8) is 0 Å². The van der Waals surface area contributed by atoms with Crippen LogP contribution in [-0.2, 0) is 0 Å². The molecule has 1 aromatic heterocycles. The number of amides is 1. The summed E-state index contributed by atoms with van der Waals surface area (Å²) < 4.78 is 28.9. The van der Waals surface area contributed by atoms with Gasteiger partial charge in [0, 0.05) is 5.69 Å². The van der Waals surface area contributed by atoms with Crippen LogP contribution in [0.3, 0.4) is 0 Å². The van der Waals surface area contributed by atoms with E-state index in [1.165, 1.54) is 10.9 Å². The molecule has 0 bridgehead atoms. The first kappa shape index (κ1) is 14.6. The van der Waals surface area contributed by atoms with E-state index in [4.69, 9.17) is 0 Å². The Bertz CT molecular complexity index is 866. The first-order chi connectivity index (χ1) is 11.1. The number of aromatic hydroxyl groups is 1. The number of hydrogen-bond acceptors (Lipinski definition) is 4. The molecule has 3 aromatic rings. The van der Waals surface area contributed by atoms with Gasteiger partial charge in [-0.3, -0.25) is 4.79 Å². The van der Waals surface area contributed by atoms with Gasteiger partial charge in [0.05, 0.1) is 18.1 Å². The van der Waals surface area contributed by atoms with E-state index in [1.807, 2.05) is 0 Å². The second kappa shape index (κ2) is 5.84. The zero-order valence-corrected chi connectivity index (χ0v) is 11.6. The van der Waals surface area contributed by atoms with Gasteiger partial charge < -0.3 is 10.4 Å². The Hall–Kier alpha value is -3.29. The molecule has 0 unspecified atom stereocenters. The number of anilines is 1. The number of benzene rings is 2. The molecule has 2 N–H and O–H groups in total. The molecule has 0 saturated carbocycles. The maximum Gasteiger partial charge on any atom is 0.261 e. The largest absolute Gasteiger partial charge is 0.505 e. The third kappa shape index (κ3) is 2.86. The number of nitrogens with zero attached hydrogens (tertiary/aromatic N) is 3. The molecule has 1 amide bonds. The lowest BCUT2D eigenvalue weighted by atomic mass is 10.1. The molecule has 0 atom stereocenters. The van der Waals surface area contributed by atoms with Crippen molar-refractivity contribution in [2.45, 2.75) is 0 Å². The van der Waals surface area contributed by atoms with E-state index in [2.05, 4.69) is 15.6 Å². The summed E-state index contributed by atoms with van der Waals surface area (Å²) in [6.45, 7) is 0. The van der Waals surface area contributed by atoms with E-state index in [-0.39, 0.29) is 0 Å². The van der Waals surface area contributed by atoms with Crippen LogP contribution in [0.4, 0.5) is 14.5 Å². The summed E-state index contributed by atoms with van der Waals surface area (Å²) in [6.07, 6.45) is 3.10. The molecule has 6 nitrogen and oxygen atoms in total. The molecular weight excluding hydrogens is 306 g/mol. The van der Waals surface area contributed by atoms with Crippen LogP contribution in [0.25, 0.3) is 5.69 Å². The van der Waals surface area contributed by atoms with E-state index in [1.54, 1.807) is 30.5 Å². The molecule has 8 heteroatoms. The van der Waals surface area contributed by atoms with Gasteiger partial charge in [0.25, 0.3) is 5.91 Å². The molecule has 0 aliphatic heterocycles. The number of rotatable bonds is 3. The lowest BCUT2D eigenvalue weighted by Gasteiger charge is -2.09. The third-order valence-electron chi connectivity index (χ3n) is 3.09. The predicted molar refractivity (Wildman–Crippen MR) is 77.3 cm³/mol. The average Bonchev–Trinajstić information content (AvgIpc) is 3.06. The third-order valence-corrected chi connectivity index (χ3v) is 3.09. The SMILES string of the molecule is O=C(Nc1cccc(-n2ccnn2)c1)c1c(F)ccc(O)c1F. The summed E-state index contributed by atoms with van der Waals surface area (Å²) in [5.41, 5.74) is 0.0680. The lowest BCUT2D eigenvalue weighted by Crippen LogP contribution is -2.16.